The Bertz CT molecular complexity index is 1390. The molecule has 0 radical (unpaired) electrons. The summed E-state index contributed by atoms with van der Waals surface area (Å²) in [6.07, 6.45) is 6.91. The summed E-state index contributed by atoms with van der Waals surface area (Å²) >= 11 is 9.04. The zero-order chi connectivity index (χ0) is 23.0. The molecule has 0 aliphatic heterocycles. The summed E-state index contributed by atoms with van der Waals surface area (Å²) in [6.45, 7) is 0. The highest BCUT2D eigenvalue weighted by Gasteiger charge is 2.03. The molecule has 0 atom stereocenters. The lowest BCUT2D eigenvalue weighted by Gasteiger charge is -2.03. The van der Waals surface area contributed by atoms with Gasteiger partial charge in [-0.05, 0) is 95.4 Å². The van der Waals surface area contributed by atoms with Crippen LogP contribution in [-0.2, 0) is 0 Å². The normalized spacial score (nSPS) is 10.3. The summed E-state index contributed by atoms with van der Waals surface area (Å²) in [4.78, 5) is 19.4. The molecule has 0 spiro atoms. The Morgan fingerprint density at radius 1 is 0.697 bits per heavy atom. The van der Waals surface area contributed by atoms with Crippen molar-refractivity contribution in [3.8, 4) is 5.69 Å². The molecule has 0 saturated carbocycles. The van der Waals surface area contributed by atoms with Crippen molar-refractivity contribution in [1.82, 2.24) is 29.5 Å². The highest BCUT2D eigenvalue weighted by molar-refractivity contribution is 14.1. The van der Waals surface area contributed by atoms with E-state index in [1.165, 1.54) is 3.57 Å². The quantitative estimate of drug-likeness (QED) is 0.187. The number of rotatable bonds is 1. The third kappa shape index (κ3) is 6.46. The molecule has 6 rings (SSSR count). The van der Waals surface area contributed by atoms with Gasteiger partial charge in [-0.15, -0.1) is 0 Å². The van der Waals surface area contributed by atoms with E-state index in [1.807, 2.05) is 65.2 Å². The lowest BCUT2D eigenvalue weighted by Crippen LogP contribution is -1.91. The molecule has 4 aromatic heterocycles. The van der Waals surface area contributed by atoms with Gasteiger partial charge < -0.3 is 4.98 Å². The molecule has 0 fully saturated rings. The molecule has 6 nitrogen and oxygen atoms in total. The highest BCUT2D eigenvalue weighted by atomic mass is 127. The van der Waals surface area contributed by atoms with Crippen LogP contribution in [0.25, 0.3) is 28.0 Å². The van der Waals surface area contributed by atoms with E-state index in [-0.39, 0.29) is 0 Å². The first kappa shape index (κ1) is 23.5. The SMILES string of the molecule is Brc1ccc(-n2cnc3ncccc32)cc1.Brc1ccc(I)cc1.c1cnc2nc[nH]c2c1. The van der Waals surface area contributed by atoms with Crippen LogP contribution in [0.4, 0.5) is 0 Å². The smallest absolute Gasteiger partial charge is 0.177 e. The molecule has 9 heteroatoms. The summed E-state index contributed by atoms with van der Waals surface area (Å²) in [7, 11) is 0. The molecule has 0 saturated heterocycles. The summed E-state index contributed by atoms with van der Waals surface area (Å²) in [5, 5.41) is 0. The molecular formula is C24H17Br2IN6. The first-order valence-corrected chi connectivity index (χ1v) is 12.5. The van der Waals surface area contributed by atoms with Crippen LogP contribution in [0, 0.1) is 3.57 Å². The third-order valence-electron chi connectivity index (χ3n) is 4.42. The number of hydrogen-bond donors (Lipinski definition) is 1. The van der Waals surface area contributed by atoms with Gasteiger partial charge in [-0.1, -0.05) is 31.9 Å². The minimum Gasteiger partial charge on any atom is -0.343 e. The third-order valence-corrected chi connectivity index (χ3v) is 6.20. The van der Waals surface area contributed by atoms with Crippen molar-refractivity contribution in [3.63, 3.8) is 0 Å². The molecule has 0 unspecified atom stereocenters. The number of H-pyrrole nitrogens is 1. The molecule has 0 aliphatic rings. The van der Waals surface area contributed by atoms with Crippen LogP contribution in [0.5, 0.6) is 0 Å². The van der Waals surface area contributed by atoms with E-state index in [2.05, 4.69) is 91.5 Å². The lowest BCUT2D eigenvalue weighted by atomic mass is 10.3. The fraction of sp³-hybridized carbons (Fsp3) is 0. The number of imidazole rings is 2. The highest BCUT2D eigenvalue weighted by Crippen LogP contribution is 2.18. The van der Waals surface area contributed by atoms with Crippen molar-refractivity contribution in [2.75, 3.05) is 0 Å². The van der Waals surface area contributed by atoms with E-state index in [9.17, 15) is 0 Å². The maximum Gasteiger partial charge on any atom is 0.177 e. The van der Waals surface area contributed by atoms with Crippen molar-refractivity contribution in [3.05, 3.63) is 110 Å². The summed E-state index contributed by atoms with van der Waals surface area (Å²) < 4.78 is 5.50. The molecule has 2 aromatic carbocycles. The largest absolute Gasteiger partial charge is 0.343 e. The fourth-order valence-corrected chi connectivity index (χ4v) is 3.75. The van der Waals surface area contributed by atoms with Crippen molar-refractivity contribution in [2.24, 2.45) is 0 Å². The molecule has 164 valence electrons. The molecule has 33 heavy (non-hydrogen) atoms. The molecule has 0 amide bonds. The van der Waals surface area contributed by atoms with Gasteiger partial charge >= 0.3 is 0 Å². The maximum absolute atomic E-state index is 4.26. The van der Waals surface area contributed by atoms with Crippen LogP contribution in [-0.4, -0.2) is 29.5 Å². The van der Waals surface area contributed by atoms with Crippen LogP contribution in [0.2, 0.25) is 0 Å². The van der Waals surface area contributed by atoms with Gasteiger partial charge in [0.15, 0.2) is 11.3 Å². The Hall–Kier alpha value is -2.63. The van der Waals surface area contributed by atoms with Crippen molar-refractivity contribution < 1.29 is 0 Å². The van der Waals surface area contributed by atoms with Gasteiger partial charge in [0, 0.05) is 30.6 Å². The Morgan fingerprint density at radius 2 is 1.33 bits per heavy atom. The van der Waals surface area contributed by atoms with E-state index in [0.717, 1.165) is 37.0 Å². The summed E-state index contributed by atoms with van der Waals surface area (Å²) in [5.74, 6) is 0. The van der Waals surface area contributed by atoms with E-state index in [1.54, 1.807) is 25.0 Å². The van der Waals surface area contributed by atoms with Crippen LogP contribution >= 0.6 is 54.5 Å². The first-order valence-electron chi connectivity index (χ1n) is 9.79. The van der Waals surface area contributed by atoms with Crippen LogP contribution < -0.4 is 0 Å². The summed E-state index contributed by atoms with van der Waals surface area (Å²) in [5.41, 5.74) is 4.63. The number of nitrogens with one attached hydrogen (secondary N) is 1. The number of aromatic amines is 1. The standard InChI is InChI=1S/C12H8BrN3.C6H4BrI.C6H5N3/c13-9-3-5-10(6-4-9)16-8-15-12-11(16)2-1-7-14-12;7-5-1-3-6(8)4-2-5;1-2-5-6(7-3-1)9-4-8-5/h1-8H;1-4H;1-4H,(H,7,8,9). The molecular weight excluding hydrogens is 659 g/mol. The van der Waals surface area contributed by atoms with Gasteiger partial charge in [0.2, 0.25) is 0 Å². The van der Waals surface area contributed by atoms with Gasteiger partial charge in [-0.2, -0.15) is 0 Å². The van der Waals surface area contributed by atoms with Gasteiger partial charge in [-0.25, -0.2) is 19.9 Å². The number of halogens is 3. The minimum absolute atomic E-state index is 0.769. The molecule has 4 heterocycles. The second kappa shape index (κ2) is 11.5. The second-order valence-corrected chi connectivity index (χ2v) is 9.73. The topological polar surface area (TPSA) is 72.3 Å². The number of hydrogen-bond acceptors (Lipinski definition) is 4. The minimum atomic E-state index is 0.769. The zero-order valence-electron chi connectivity index (χ0n) is 17.1. The van der Waals surface area contributed by atoms with E-state index < -0.39 is 0 Å². The second-order valence-electron chi connectivity index (χ2n) is 6.65. The number of benzene rings is 2. The van der Waals surface area contributed by atoms with Crippen LogP contribution in [0.15, 0.2) is 107 Å². The predicted octanol–water partition coefficient (Wildman–Crippen LogP) is 7.19. The molecule has 0 aliphatic carbocycles. The number of fused-ring (bicyclic) bond motifs is 2. The van der Waals surface area contributed by atoms with Gasteiger partial charge in [-0.3, -0.25) is 4.57 Å². The van der Waals surface area contributed by atoms with Gasteiger partial charge in [0.05, 0.1) is 17.4 Å². The average molecular weight is 676 g/mol. The Kier molecular flexibility index (Phi) is 8.19. The van der Waals surface area contributed by atoms with E-state index in [4.69, 9.17) is 0 Å². The van der Waals surface area contributed by atoms with E-state index in [0.29, 0.717) is 0 Å². The van der Waals surface area contributed by atoms with Crippen molar-refractivity contribution in [2.45, 2.75) is 0 Å². The van der Waals surface area contributed by atoms with E-state index >= 15 is 0 Å². The fourth-order valence-electron chi connectivity index (χ4n) is 2.86. The molecule has 0 bridgehead atoms. The first-order chi connectivity index (χ1) is 16.1. The maximum atomic E-state index is 4.26. The molecule has 1 N–H and O–H groups in total. The number of nitrogens with zero attached hydrogens (tertiary/aromatic N) is 5. The van der Waals surface area contributed by atoms with Gasteiger partial charge in [0.25, 0.3) is 0 Å². The summed E-state index contributed by atoms with van der Waals surface area (Å²) in [6, 6.07) is 24.0. The van der Waals surface area contributed by atoms with Crippen LogP contribution in [0.3, 0.4) is 0 Å². The van der Waals surface area contributed by atoms with Crippen LogP contribution in [0.1, 0.15) is 0 Å². The number of aromatic nitrogens is 6. The zero-order valence-corrected chi connectivity index (χ0v) is 22.4. The average Bonchev–Trinajstić information content (AvgIpc) is 3.50. The van der Waals surface area contributed by atoms with Gasteiger partial charge in [0.1, 0.15) is 6.33 Å². The lowest BCUT2D eigenvalue weighted by molar-refractivity contribution is 1.09. The molecule has 6 aromatic rings. The Balaban J connectivity index is 0.000000129. The Labute approximate surface area is 220 Å². The number of pyridine rings is 2. The van der Waals surface area contributed by atoms with Crippen molar-refractivity contribution in [1.29, 1.82) is 0 Å². The predicted molar refractivity (Wildman–Crippen MR) is 147 cm³/mol. The van der Waals surface area contributed by atoms with Crippen molar-refractivity contribution >= 4 is 76.8 Å². The monoisotopic (exact) mass is 674 g/mol. The Morgan fingerprint density at radius 3 is 2.00 bits per heavy atom.